The maximum atomic E-state index is 4.21. The Labute approximate surface area is 261 Å². The minimum Gasteiger partial charge on any atom is -0.362 e. The van der Waals surface area contributed by atoms with E-state index in [1.807, 2.05) is 31.2 Å². The zero-order valence-electron chi connectivity index (χ0n) is 27.0. The molecule has 1 N–H and O–H groups in total. The van der Waals surface area contributed by atoms with E-state index < -0.39 is 0 Å². The van der Waals surface area contributed by atoms with E-state index in [2.05, 4.69) is 125 Å². The topological polar surface area (TPSA) is 12.0 Å². The number of aryl methyl sites for hydroxylation is 1. The SMILES string of the molecule is C=C(/C=C\C=C/C)C(=C)CC/C=C\Nc1cccc(-c2c(C)cccc2C(C)(C)C2=C(C3=CC=CCC3)CCC=C2)c1C. The highest BCUT2D eigenvalue weighted by Crippen LogP contribution is 2.46. The molecule has 0 bridgehead atoms. The van der Waals surface area contributed by atoms with Crippen LogP contribution in [0.2, 0.25) is 0 Å². The minimum absolute atomic E-state index is 0.139. The van der Waals surface area contributed by atoms with Crippen molar-refractivity contribution in [3.63, 3.8) is 0 Å². The van der Waals surface area contributed by atoms with Gasteiger partial charge in [0, 0.05) is 11.1 Å². The summed E-state index contributed by atoms with van der Waals surface area (Å²) in [5.41, 5.74) is 14.2. The van der Waals surface area contributed by atoms with Crippen LogP contribution in [0.15, 0.2) is 144 Å². The van der Waals surface area contributed by atoms with Gasteiger partial charge in [0.2, 0.25) is 0 Å². The zero-order valence-corrected chi connectivity index (χ0v) is 27.0. The van der Waals surface area contributed by atoms with Gasteiger partial charge in [0.1, 0.15) is 0 Å². The average molecular weight is 568 g/mol. The van der Waals surface area contributed by atoms with Crippen molar-refractivity contribution in [1.29, 1.82) is 0 Å². The molecule has 4 rings (SSSR count). The molecule has 43 heavy (non-hydrogen) atoms. The van der Waals surface area contributed by atoms with Gasteiger partial charge in [-0.1, -0.05) is 118 Å². The summed E-state index contributed by atoms with van der Waals surface area (Å²) >= 11 is 0. The molecule has 0 radical (unpaired) electrons. The number of hydrogen-bond acceptors (Lipinski definition) is 1. The van der Waals surface area contributed by atoms with Crippen molar-refractivity contribution in [3.05, 3.63) is 161 Å². The molecule has 0 aliphatic heterocycles. The summed E-state index contributed by atoms with van der Waals surface area (Å²) in [5.74, 6) is 0. The molecule has 2 aromatic rings. The number of nitrogens with one attached hydrogen (secondary N) is 1. The van der Waals surface area contributed by atoms with Crippen LogP contribution in [0, 0.1) is 13.8 Å². The summed E-state index contributed by atoms with van der Waals surface area (Å²) in [6, 6.07) is 13.5. The van der Waals surface area contributed by atoms with E-state index in [1.54, 1.807) is 5.57 Å². The van der Waals surface area contributed by atoms with E-state index in [1.165, 1.54) is 39.0 Å². The first kappa shape index (κ1) is 31.8. The quantitative estimate of drug-likeness (QED) is 0.252. The summed E-state index contributed by atoms with van der Waals surface area (Å²) in [5, 5.41) is 3.57. The third-order valence-electron chi connectivity index (χ3n) is 8.82. The monoisotopic (exact) mass is 567 g/mol. The number of rotatable bonds is 12. The molecule has 0 saturated carbocycles. The maximum Gasteiger partial charge on any atom is 0.0415 e. The number of benzene rings is 2. The second kappa shape index (κ2) is 14.9. The van der Waals surface area contributed by atoms with Gasteiger partial charge in [-0.15, -0.1) is 0 Å². The molecular weight excluding hydrogens is 518 g/mol. The Morgan fingerprint density at radius 1 is 0.977 bits per heavy atom. The van der Waals surface area contributed by atoms with Crippen LogP contribution in [0.1, 0.15) is 76.0 Å². The standard InChI is InChI=1S/C42H49N/c1-8-9-11-20-31(2)32(3)21-16-17-30-43-40-29-19-26-36(34(40)5)41-33(4)22-18-28-39(41)42(6,7)38-27-15-14-25-37(38)35-23-12-10-13-24-35/h8-12,15,17-20,22-23,26-30,43H,2-3,13-14,16,21,24-25H2,1,4-7H3/b9-8-,20-11-,30-17-. The largest absolute Gasteiger partial charge is 0.362 e. The number of anilines is 1. The van der Waals surface area contributed by atoms with Crippen LogP contribution in [0.3, 0.4) is 0 Å². The molecule has 0 fully saturated rings. The summed E-state index contributed by atoms with van der Waals surface area (Å²) in [6.45, 7) is 19.7. The Bertz CT molecular complexity index is 1560. The molecule has 2 aliphatic rings. The first-order valence-electron chi connectivity index (χ1n) is 15.8. The zero-order chi connectivity index (χ0) is 30.8. The van der Waals surface area contributed by atoms with Gasteiger partial charge >= 0.3 is 0 Å². The molecule has 0 unspecified atom stereocenters. The van der Waals surface area contributed by atoms with Gasteiger partial charge in [-0.25, -0.2) is 0 Å². The van der Waals surface area contributed by atoms with Gasteiger partial charge in [-0.2, -0.15) is 0 Å². The van der Waals surface area contributed by atoms with Crippen molar-refractivity contribution in [3.8, 4) is 11.1 Å². The van der Waals surface area contributed by atoms with Crippen LogP contribution >= 0.6 is 0 Å². The van der Waals surface area contributed by atoms with E-state index >= 15 is 0 Å². The predicted octanol–water partition coefficient (Wildman–Crippen LogP) is 12.1. The summed E-state index contributed by atoms with van der Waals surface area (Å²) < 4.78 is 0. The minimum atomic E-state index is -0.139. The molecule has 0 amide bonds. The van der Waals surface area contributed by atoms with Crippen molar-refractivity contribution < 1.29 is 0 Å². The lowest BCUT2D eigenvalue weighted by atomic mass is 9.69. The number of hydrogen-bond donors (Lipinski definition) is 1. The predicted molar refractivity (Wildman–Crippen MR) is 190 cm³/mol. The van der Waals surface area contributed by atoms with E-state index in [9.17, 15) is 0 Å². The molecule has 0 atom stereocenters. The maximum absolute atomic E-state index is 4.21. The molecule has 0 aromatic heterocycles. The Morgan fingerprint density at radius 2 is 1.77 bits per heavy atom. The first-order chi connectivity index (χ1) is 20.8. The van der Waals surface area contributed by atoms with E-state index in [0.29, 0.717) is 0 Å². The van der Waals surface area contributed by atoms with Crippen molar-refractivity contribution >= 4 is 5.69 Å². The lowest BCUT2D eigenvalue weighted by Crippen LogP contribution is -2.24. The average Bonchev–Trinajstić information content (AvgIpc) is 3.02. The third-order valence-corrected chi connectivity index (χ3v) is 8.82. The lowest BCUT2D eigenvalue weighted by Gasteiger charge is -2.35. The molecule has 2 aliphatic carbocycles. The van der Waals surface area contributed by atoms with Gasteiger partial charge in [0.25, 0.3) is 0 Å². The lowest BCUT2D eigenvalue weighted by molar-refractivity contribution is 0.623. The second-order valence-electron chi connectivity index (χ2n) is 12.2. The summed E-state index contributed by atoms with van der Waals surface area (Å²) in [6.07, 6.45) is 30.2. The van der Waals surface area contributed by atoms with Crippen LogP contribution in [0.4, 0.5) is 5.69 Å². The Hall–Kier alpha value is -4.10. The van der Waals surface area contributed by atoms with Crippen molar-refractivity contribution in [2.24, 2.45) is 0 Å². The van der Waals surface area contributed by atoms with Crippen LogP contribution in [-0.2, 0) is 5.41 Å². The molecular formula is C42H49N. The first-order valence-corrected chi connectivity index (χ1v) is 15.8. The van der Waals surface area contributed by atoms with Gasteiger partial charge < -0.3 is 5.32 Å². The molecule has 1 nitrogen and oxygen atoms in total. The highest BCUT2D eigenvalue weighted by Gasteiger charge is 2.32. The fourth-order valence-electron chi connectivity index (χ4n) is 6.24. The molecule has 222 valence electrons. The fourth-order valence-corrected chi connectivity index (χ4v) is 6.24. The summed E-state index contributed by atoms with van der Waals surface area (Å²) in [4.78, 5) is 0. The third kappa shape index (κ3) is 7.65. The highest BCUT2D eigenvalue weighted by atomic mass is 14.8. The van der Waals surface area contributed by atoms with Gasteiger partial charge in [0.05, 0.1) is 0 Å². The molecule has 2 aromatic carbocycles. The Balaban J connectivity index is 1.60. The van der Waals surface area contributed by atoms with Crippen molar-refractivity contribution in [2.75, 3.05) is 5.32 Å². The summed E-state index contributed by atoms with van der Waals surface area (Å²) in [7, 11) is 0. The van der Waals surface area contributed by atoms with E-state index in [0.717, 1.165) is 55.4 Å². The van der Waals surface area contributed by atoms with Gasteiger partial charge in [0.15, 0.2) is 0 Å². The molecule has 1 heteroatoms. The van der Waals surface area contributed by atoms with E-state index in [-0.39, 0.29) is 5.41 Å². The molecule has 0 heterocycles. The van der Waals surface area contributed by atoms with Crippen molar-refractivity contribution in [1.82, 2.24) is 0 Å². The smallest absolute Gasteiger partial charge is 0.0415 e. The molecule has 0 saturated heterocycles. The Morgan fingerprint density at radius 3 is 2.53 bits per heavy atom. The van der Waals surface area contributed by atoms with Gasteiger partial charge in [-0.3, -0.25) is 0 Å². The Kier molecular flexibility index (Phi) is 11.0. The normalized spacial score (nSPS) is 15.6. The van der Waals surface area contributed by atoms with Crippen LogP contribution in [0.25, 0.3) is 11.1 Å². The van der Waals surface area contributed by atoms with Crippen LogP contribution in [-0.4, -0.2) is 0 Å². The molecule has 0 spiro atoms. The van der Waals surface area contributed by atoms with Crippen LogP contribution < -0.4 is 5.32 Å². The van der Waals surface area contributed by atoms with Gasteiger partial charge in [-0.05, 0) is 127 Å². The van der Waals surface area contributed by atoms with Crippen molar-refractivity contribution in [2.45, 2.75) is 78.6 Å². The fraction of sp³-hybridized carbons (Fsp3) is 0.286. The number of allylic oxidation sites excluding steroid dienone is 15. The van der Waals surface area contributed by atoms with E-state index in [4.69, 9.17) is 0 Å². The highest BCUT2D eigenvalue weighted by molar-refractivity contribution is 5.80. The van der Waals surface area contributed by atoms with Crippen LogP contribution in [0.5, 0.6) is 0 Å². The second-order valence-corrected chi connectivity index (χ2v) is 12.2.